The summed E-state index contributed by atoms with van der Waals surface area (Å²) in [5.74, 6) is -0.422. The summed E-state index contributed by atoms with van der Waals surface area (Å²) >= 11 is 4.45. The summed E-state index contributed by atoms with van der Waals surface area (Å²) in [6, 6.07) is 11.6. The molecule has 0 bridgehead atoms. The molecule has 0 saturated carbocycles. The highest BCUT2D eigenvalue weighted by Gasteiger charge is 2.45. The van der Waals surface area contributed by atoms with E-state index in [1.165, 1.54) is 11.0 Å². The number of fused-ring (bicyclic) bond motifs is 2. The molecule has 10 heteroatoms. The molecule has 5 rings (SSSR count). The molecule has 8 nitrogen and oxygen atoms in total. The third-order valence-corrected chi connectivity index (χ3v) is 8.18. The van der Waals surface area contributed by atoms with E-state index in [9.17, 15) is 14.4 Å². The molecule has 0 spiro atoms. The number of ether oxygens (including phenoxy) is 2. The Kier molecular flexibility index (Phi) is 8.18. The second-order valence-electron chi connectivity index (χ2n) is 9.31. The van der Waals surface area contributed by atoms with Crippen molar-refractivity contribution in [3.63, 3.8) is 0 Å². The topological polar surface area (TPSA) is 98.9 Å². The van der Waals surface area contributed by atoms with Gasteiger partial charge in [-0.1, -0.05) is 71.8 Å². The average Bonchev–Trinajstić information content (AvgIpc) is 3.47. The van der Waals surface area contributed by atoms with Crippen LogP contribution in [0.4, 0.5) is 5.13 Å². The molecule has 0 saturated heterocycles. The maximum absolute atomic E-state index is 13.9. The van der Waals surface area contributed by atoms with Crippen molar-refractivity contribution < 1.29 is 23.5 Å². The van der Waals surface area contributed by atoms with Crippen LogP contribution in [0, 0.1) is 6.92 Å². The SMILES string of the molecule is C=CCOC(=O)c1sc(N2C(=O)c3oc4ccc(Br)cc4c(=O)c3C2c2ccc(OCCCCC)cc2)nc1C. The van der Waals surface area contributed by atoms with Crippen LogP contribution < -0.4 is 15.1 Å². The summed E-state index contributed by atoms with van der Waals surface area (Å²) in [5.41, 5.74) is 1.31. The highest BCUT2D eigenvalue weighted by Crippen LogP contribution is 2.43. The zero-order valence-electron chi connectivity index (χ0n) is 22.1. The lowest BCUT2D eigenvalue weighted by Crippen LogP contribution is -2.29. The number of carbonyl (C=O) groups is 2. The van der Waals surface area contributed by atoms with E-state index < -0.39 is 17.9 Å². The number of thiazole rings is 1. The molecular formula is C30H27BrN2O6S. The lowest BCUT2D eigenvalue weighted by Gasteiger charge is -2.22. The van der Waals surface area contributed by atoms with E-state index >= 15 is 0 Å². The number of esters is 1. The molecule has 1 atom stereocenters. The number of benzene rings is 2. The van der Waals surface area contributed by atoms with Crippen molar-refractivity contribution in [2.75, 3.05) is 18.1 Å². The van der Waals surface area contributed by atoms with Gasteiger partial charge in [0.15, 0.2) is 10.6 Å². The first-order valence-corrected chi connectivity index (χ1v) is 14.5. The van der Waals surface area contributed by atoms with E-state index in [2.05, 4.69) is 34.4 Å². The number of halogens is 1. The van der Waals surface area contributed by atoms with Crippen LogP contribution in [-0.4, -0.2) is 30.1 Å². The summed E-state index contributed by atoms with van der Waals surface area (Å²) in [6.07, 6.45) is 4.62. The van der Waals surface area contributed by atoms with Gasteiger partial charge in [0.2, 0.25) is 5.76 Å². The van der Waals surface area contributed by atoms with Gasteiger partial charge in [-0.3, -0.25) is 14.5 Å². The smallest absolute Gasteiger partial charge is 0.350 e. The molecule has 2 aromatic heterocycles. The fourth-order valence-electron chi connectivity index (χ4n) is 4.62. The minimum Gasteiger partial charge on any atom is -0.494 e. The van der Waals surface area contributed by atoms with Crippen molar-refractivity contribution >= 4 is 55.2 Å². The van der Waals surface area contributed by atoms with Crippen LogP contribution in [-0.2, 0) is 4.74 Å². The van der Waals surface area contributed by atoms with Crippen molar-refractivity contribution in [1.82, 2.24) is 4.98 Å². The number of rotatable bonds is 10. The van der Waals surface area contributed by atoms with E-state index in [1.54, 1.807) is 25.1 Å². The number of amides is 1. The fraction of sp³-hybridized carbons (Fsp3) is 0.267. The van der Waals surface area contributed by atoms with E-state index in [0.29, 0.717) is 39.1 Å². The minimum atomic E-state index is -0.820. The highest BCUT2D eigenvalue weighted by atomic mass is 79.9. The van der Waals surface area contributed by atoms with Crippen LogP contribution in [0.15, 0.2) is 68.8 Å². The van der Waals surface area contributed by atoms with Crippen LogP contribution in [0.1, 0.15) is 69.3 Å². The van der Waals surface area contributed by atoms with Crippen LogP contribution in [0.3, 0.4) is 0 Å². The molecule has 1 aliphatic rings. The number of aromatic nitrogens is 1. The molecule has 0 aliphatic carbocycles. The zero-order valence-corrected chi connectivity index (χ0v) is 24.5. The molecule has 206 valence electrons. The third kappa shape index (κ3) is 5.21. The summed E-state index contributed by atoms with van der Waals surface area (Å²) < 4.78 is 17.8. The number of hydrogen-bond donors (Lipinski definition) is 0. The van der Waals surface area contributed by atoms with Crippen molar-refractivity contribution in [2.45, 2.75) is 39.2 Å². The largest absolute Gasteiger partial charge is 0.494 e. The Labute approximate surface area is 243 Å². The van der Waals surface area contributed by atoms with Gasteiger partial charge in [-0.2, -0.15) is 0 Å². The lowest BCUT2D eigenvalue weighted by molar-refractivity contribution is 0.0554. The first kappa shape index (κ1) is 27.8. The van der Waals surface area contributed by atoms with E-state index in [1.807, 2.05) is 24.3 Å². The zero-order chi connectivity index (χ0) is 28.4. The van der Waals surface area contributed by atoms with Gasteiger partial charge in [0.1, 0.15) is 22.8 Å². The molecule has 2 aromatic carbocycles. The maximum Gasteiger partial charge on any atom is 0.350 e. The predicted octanol–water partition coefficient (Wildman–Crippen LogP) is 6.98. The van der Waals surface area contributed by atoms with Crippen molar-refractivity contribution in [2.24, 2.45) is 0 Å². The molecule has 1 amide bonds. The lowest BCUT2D eigenvalue weighted by atomic mass is 9.98. The molecule has 0 fully saturated rings. The van der Waals surface area contributed by atoms with Gasteiger partial charge in [0.05, 0.1) is 29.3 Å². The predicted molar refractivity (Wildman–Crippen MR) is 158 cm³/mol. The number of aryl methyl sites for hydroxylation is 1. The summed E-state index contributed by atoms with van der Waals surface area (Å²) in [7, 11) is 0. The van der Waals surface area contributed by atoms with Gasteiger partial charge in [0, 0.05) is 4.47 Å². The van der Waals surface area contributed by atoms with Crippen LogP contribution >= 0.6 is 27.3 Å². The van der Waals surface area contributed by atoms with Gasteiger partial charge < -0.3 is 13.9 Å². The van der Waals surface area contributed by atoms with E-state index in [4.69, 9.17) is 13.9 Å². The summed E-state index contributed by atoms with van der Waals surface area (Å²) in [5, 5.41) is 0.613. The summed E-state index contributed by atoms with van der Waals surface area (Å²) in [4.78, 5) is 46.6. The first-order chi connectivity index (χ1) is 19.3. The van der Waals surface area contributed by atoms with Crippen LogP contribution in [0.2, 0.25) is 0 Å². The third-order valence-electron chi connectivity index (χ3n) is 6.55. The number of hydrogen-bond acceptors (Lipinski definition) is 8. The second-order valence-corrected chi connectivity index (χ2v) is 11.2. The number of nitrogens with zero attached hydrogens (tertiary/aromatic N) is 2. The molecule has 3 heterocycles. The Morgan fingerprint density at radius 1 is 1.20 bits per heavy atom. The summed E-state index contributed by atoms with van der Waals surface area (Å²) in [6.45, 7) is 8.04. The van der Waals surface area contributed by atoms with Gasteiger partial charge >= 0.3 is 5.97 Å². The fourth-order valence-corrected chi connectivity index (χ4v) is 5.97. The Morgan fingerprint density at radius 2 is 1.98 bits per heavy atom. The van der Waals surface area contributed by atoms with Crippen LogP contribution in [0.5, 0.6) is 5.75 Å². The Balaban J connectivity index is 1.61. The molecule has 4 aromatic rings. The maximum atomic E-state index is 13.9. The van der Waals surface area contributed by atoms with Crippen molar-refractivity contribution in [3.05, 3.63) is 97.3 Å². The number of unbranched alkanes of at least 4 members (excludes halogenated alkanes) is 2. The molecule has 0 N–H and O–H groups in total. The molecule has 1 aliphatic heterocycles. The molecule has 1 unspecified atom stereocenters. The first-order valence-electron chi connectivity index (χ1n) is 12.9. The average molecular weight is 624 g/mol. The number of carbonyl (C=O) groups excluding carboxylic acids is 2. The normalized spacial score (nSPS) is 14.4. The number of anilines is 1. The van der Waals surface area contributed by atoms with Crippen molar-refractivity contribution in [3.8, 4) is 5.75 Å². The quantitative estimate of drug-likeness (QED) is 0.107. The van der Waals surface area contributed by atoms with Crippen LogP contribution in [0.25, 0.3) is 11.0 Å². The Bertz CT molecular complexity index is 1660. The second kappa shape index (κ2) is 11.8. The highest BCUT2D eigenvalue weighted by molar-refractivity contribution is 9.10. The van der Waals surface area contributed by atoms with Gasteiger partial charge in [-0.25, -0.2) is 9.78 Å². The molecule has 40 heavy (non-hydrogen) atoms. The van der Waals surface area contributed by atoms with Gasteiger partial charge in [-0.15, -0.1) is 0 Å². The minimum absolute atomic E-state index is 0.0478. The standard InChI is InChI=1S/C30H27BrN2O6S/c1-4-6-7-15-37-20-11-8-18(9-12-20)24-23-25(34)21-16-19(31)10-13-22(21)39-26(23)28(35)33(24)30-32-17(3)27(40-30)29(36)38-14-5-2/h5,8-13,16,24H,2,4,6-7,14-15H2,1,3H3. The molecule has 0 radical (unpaired) electrons. The molecular weight excluding hydrogens is 596 g/mol. The monoisotopic (exact) mass is 622 g/mol. The van der Waals surface area contributed by atoms with E-state index in [0.717, 1.165) is 30.6 Å². The van der Waals surface area contributed by atoms with E-state index in [-0.39, 0.29) is 33.4 Å². The van der Waals surface area contributed by atoms with Gasteiger partial charge in [-0.05, 0) is 49.2 Å². The Morgan fingerprint density at radius 3 is 2.70 bits per heavy atom. The Hall–Kier alpha value is -3.76. The van der Waals surface area contributed by atoms with Gasteiger partial charge in [0.25, 0.3) is 5.91 Å². The van der Waals surface area contributed by atoms with Crippen molar-refractivity contribution in [1.29, 1.82) is 0 Å².